The van der Waals surface area contributed by atoms with E-state index >= 15 is 0 Å². The minimum Gasteiger partial charge on any atom is -0.490 e. The first-order valence-electron chi connectivity index (χ1n) is 6.95. The molecule has 0 bridgehead atoms. The molecule has 1 aliphatic heterocycles. The molecule has 0 radical (unpaired) electrons. The average molecular weight is 348 g/mol. The molecule has 0 amide bonds. The van der Waals surface area contributed by atoms with Crippen molar-refractivity contribution in [2.24, 2.45) is 0 Å². The highest BCUT2D eigenvalue weighted by atomic mass is 79.9. The van der Waals surface area contributed by atoms with Gasteiger partial charge >= 0.3 is 0 Å². The van der Waals surface area contributed by atoms with E-state index in [2.05, 4.69) is 20.8 Å². The van der Waals surface area contributed by atoms with E-state index in [1.807, 2.05) is 56.4 Å². The zero-order valence-electron chi connectivity index (χ0n) is 12.1. The smallest absolute Gasteiger partial charge is 0.142 e. The first-order valence-corrected chi connectivity index (χ1v) is 7.74. The minimum atomic E-state index is -1.04. The van der Waals surface area contributed by atoms with Gasteiger partial charge in [-0.05, 0) is 42.3 Å². The van der Waals surface area contributed by atoms with E-state index in [1.54, 1.807) is 0 Å². The Hall–Kier alpha value is -1.52. The van der Waals surface area contributed by atoms with Crippen LogP contribution >= 0.6 is 15.9 Å². The summed E-state index contributed by atoms with van der Waals surface area (Å²) < 4.78 is 6.61. The molecule has 1 atom stereocenters. The third kappa shape index (κ3) is 2.65. The van der Waals surface area contributed by atoms with Gasteiger partial charge in [0.25, 0.3) is 0 Å². The maximum atomic E-state index is 11.0. The van der Waals surface area contributed by atoms with Crippen LogP contribution < -0.4 is 9.64 Å². The largest absolute Gasteiger partial charge is 0.490 e. The Morgan fingerprint density at radius 1 is 1.19 bits per heavy atom. The fourth-order valence-corrected chi connectivity index (χ4v) is 3.01. The number of likely N-dealkylation sites (N-methyl/N-ethyl adjacent to an activating group) is 1. The van der Waals surface area contributed by atoms with Crippen LogP contribution in [0.1, 0.15) is 18.1 Å². The van der Waals surface area contributed by atoms with Gasteiger partial charge in [-0.1, -0.05) is 34.1 Å². The topological polar surface area (TPSA) is 32.7 Å². The number of anilines is 1. The van der Waals surface area contributed by atoms with Crippen LogP contribution in [0, 0.1) is 0 Å². The van der Waals surface area contributed by atoms with Gasteiger partial charge in [0.15, 0.2) is 0 Å². The van der Waals surface area contributed by atoms with Crippen molar-refractivity contribution >= 4 is 21.6 Å². The molecule has 0 fully saturated rings. The number of benzene rings is 2. The fourth-order valence-electron chi connectivity index (χ4n) is 2.61. The van der Waals surface area contributed by atoms with E-state index in [-0.39, 0.29) is 0 Å². The quantitative estimate of drug-likeness (QED) is 0.901. The third-order valence-electron chi connectivity index (χ3n) is 4.00. The highest BCUT2D eigenvalue weighted by Crippen LogP contribution is 2.37. The third-order valence-corrected chi connectivity index (χ3v) is 4.50. The second-order valence-electron chi connectivity index (χ2n) is 5.54. The number of hydrogen-bond donors (Lipinski definition) is 1. The molecule has 1 aliphatic rings. The van der Waals surface area contributed by atoms with Gasteiger partial charge in [-0.15, -0.1) is 0 Å². The summed E-state index contributed by atoms with van der Waals surface area (Å²) in [5, 5.41) is 11.0. The SMILES string of the molecule is CN1CCOc2ccc(C(C)(O)c3cccc(Br)c3)cc21. The molecular formula is C17H18BrNO2. The summed E-state index contributed by atoms with van der Waals surface area (Å²) >= 11 is 3.46. The number of halogens is 1. The van der Waals surface area contributed by atoms with Crippen LogP contribution in [0.3, 0.4) is 0 Å². The average Bonchev–Trinajstić information content (AvgIpc) is 2.47. The number of aliphatic hydroxyl groups is 1. The standard InChI is InChI=1S/C17H18BrNO2/c1-17(20,12-4-3-5-14(18)10-12)13-6-7-16-15(11-13)19(2)8-9-21-16/h3-7,10-11,20H,8-9H2,1-2H3. The van der Waals surface area contributed by atoms with Gasteiger partial charge in [-0.2, -0.15) is 0 Å². The molecule has 21 heavy (non-hydrogen) atoms. The predicted octanol–water partition coefficient (Wildman–Crippen LogP) is 3.53. The van der Waals surface area contributed by atoms with Crippen molar-refractivity contribution in [3.63, 3.8) is 0 Å². The van der Waals surface area contributed by atoms with Gasteiger partial charge in [-0.3, -0.25) is 0 Å². The fraction of sp³-hybridized carbons (Fsp3) is 0.294. The van der Waals surface area contributed by atoms with Gasteiger partial charge in [-0.25, -0.2) is 0 Å². The molecule has 0 saturated heterocycles. The van der Waals surface area contributed by atoms with E-state index in [1.165, 1.54) is 0 Å². The molecule has 1 heterocycles. The van der Waals surface area contributed by atoms with Crippen LogP contribution in [0.5, 0.6) is 5.75 Å². The van der Waals surface area contributed by atoms with E-state index in [4.69, 9.17) is 4.74 Å². The van der Waals surface area contributed by atoms with Crippen LogP contribution in [0.15, 0.2) is 46.9 Å². The second kappa shape index (κ2) is 5.35. The zero-order valence-corrected chi connectivity index (χ0v) is 13.7. The van der Waals surface area contributed by atoms with Crippen LogP contribution in [0.4, 0.5) is 5.69 Å². The molecule has 110 valence electrons. The van der Waals surface area contributed by atoms with Crippen LogP contribution in [0.2, 0.25) is 0 Å². The zero-order chi connectivity index (χ0) is 15.0. The molecule has 0 aromatic heterocycles. The molecular weight excluding hydrogens is 330 g/mol. The Morgan fingerprint density at radius 2 is 1.95 bits per heavy atom. The Kier molecular flexibility index (Phi) is 3.68. The van der Waals surface area contributed by atoms with Gasteiger partial charge < -0.3 is 14.7 Å². The number of hydrogen-bond acceptors (Lipinski definition) is 3. The van der Waals surface area contributed by atoms with Crippen molar-refractivity contribution in [2.45, 2.75) is 12.5 Å². The molecule has 0 saturated carbocycles. The molecule has 3 rings (SSSR count). The van der Waals surface area contributed by atoms with Crippen molar-refractivity contribution < 1.29 is 9.84 Å². The summed E-state index contributed by atoms with van der Waals surface area (Å²) in [6.45, 7) is 3.38. The van der Waals surface area contributed by atoms with Crippen molar-refractivity contribution in [2.75, 3.05) is 25.1 Å². The first kappa shape index (κ1) is 14.4. The summed E-state index contributed by atoms with van der Waals surface area (Å²) in [5.74, 6) is 0.873. The Morgan fingerprint density at radius 3 is 2.71 bits per heavy atom. The summed E-state index contributed by atoms with van der Waals surface area (Å²) in [7, 11) is 2.04. The van der Waals surface area contributed by atoms with Crippen LogP contribution in [0.25, 0.3) is 0 Å². The van der Waals surface area contributed by atoms with E-state index in [9.17, 15) is 5.11 Å². The highest BCUT2D eigenvalue weighted by Gasteiger charge is 2.28. The van der Waals surface area contributed by atoms with E-state index < -0.39 is 5.60 Å². The number of rotatable bonds is 2. The van der Waals surface area contributed by atoms with E-state index in [0.717, 1.165) is 33.6 Å². The Balaban J connectivity index is 2.05. The van der Waals surface area contributed by atoms with Crippen molar-refractivity contribution in [3.05, 3.63) is 58.1 Å². The van der Waals surface area contributed by atoms with Crippen LogP contribution in [-0.4, -0.2) is 25.3 Å². The van der Waals surface area contributed by atoms with Gasteiger partial charge in [0.1, 0.15) is 18.0 Å². The van der Waals surface area contributed by atoms with E-state index in [0.29, 0.717) is 6.61 Å². The summed E-state index contributed by atoms with van der Waals surface area (Å²) in [5.41, 5.74) is 1.69. The monoisotopic (exact) mass is 347 g/mol. The number of fused-ring (bicyclic) bond motifs is 1. The number of nitrogens with zero attached hydrogens (tertiary/aromatic N) is 1. The number of ether oxygens (including phenoxy) is 1. The summed E-state index contributed by atoms with van der Waals surface area (Å²) in [4.78, 5) is 2.15. The lowest BCUT2D eigenvalue weighted by atomic mass is 9.88. The lowest BCUT2D eigenvalue weighted by molar-refractivity contribution is 0.102. The lowest BCUT2D eigenvalue weighted by Crippen LogP contribution is -2.30. The summed E-state index contributed by atoms with van der Waals surface area (Å²) in [6, 6.07) is 13.6. The van der Waals surface area contributed by atoms with Crippen molar-refractivity contribution in [3.8, 4) is 5.75 Å². The second-order valence-corrected chi connectivity index (χ2v) is 6.45. The first-order chi connectivity index (χ1) is 9.98. The molecule has 1 N–H and O–H groups in total. The minimum absolute atomic E-state index is 0.699. The molecule has 0 aliphatic carbocycles. The molecule has 4 heteroatoms. The van der Waals surface area contributed by atoms with Crippen LogP contribution in [-0.2, 0) is 5.60 Å². The Labute approximate surface area is 133 Å². The molecule has 3 nitrogen and oxygen atoms in total. The Bertz CT molecular complexity index is 670. The maximum absolute atomic E-state index is 11.0. The predicted molar refractivity (Wildman–Crippen MR) is 88.0 cm³/mol. The maximum Gasteiger partial charge on any atom is 0.142 e. The van der Waals surface area contributed by atoms with Crippen molar-refractivity contribution in [1.29, 1.82) is 0 Å². The molecule has 1 unspecified atom stereocenters. The molecule has 0 spiro atoms. The molecule has 2 aromatic rings. The highest BCUT2D eigenvalue weighted by molar-refractivity contribution is 9.10. The molecule has 2 aromatic carbocycles. The lowest BCUT2D eigenvalue weighted by Gasteiger charge is -2.31. The van der Waals surface area contributed by atoms with Gasteiger partial charge in [0.2, 0.25) is 0 Å². The van der Waals surface area contributed by atoms with Crippen molar-refractivity contribution in [1.82, 2.24) is 0 Å². The normalized spacial score (nSPS) is 16.9. The van der Waals surface area contributed by atoms with Gasteiger partial charge in [0, 0.05) is 11.5 Å². The summed E-state index contributed by atoms with van der Waals surface area (Å²) in [6.07, 6.45) is 0. The van der Waals surface area contributed by atoms with Gasteiger partial charge in [0.05, 0.1) is 12.2 Å².